The van der Waals surface area contributed by atoms with E-state index in [2.05, 4.69) is 17.1 Å². The number of pyridine rings is 1. The lowest BCUT2D eigenvalue weighted by molar-refractivity contribution is 0.0937. The zero-order valence-electron chi connectivity index (χ0n) is 12.0. The number of nitrogens with zero attached hydrogens (tertiary/aromatic N) is 2. The van der Waals surface area contributed by atoms with Gasteiger partial charge in [0, 0.05) is 18.9 Å². The van der Waals surface area contributed by atoms with Crippen molar-refractivity contribution in [1.82, 2.24) is 9.88 Å². The second-order valence-electron chi connectivity index (χ2n) is 5.03. The van der Waals surface area contributed by atoms with Gasteiger partial charge in [0.05, 0.1) is 12.6 Å². The molecule has 1 amide bonds. The Morgan fingerprint density at radius 2 is 2.19 bits per heavy atom. The van der Waals surface area contributed by atoms with Crippen LogP contribution in [0.2, 0.25) is 0 Å². The maximum Gasteiger partial charge on any atom is 0.410 e. The molecule has 3 rings (SSSR count). The van der Waals surface area contributed by atoms with E-state index in [1.54, 1.807) is 11.1 Å². The summed E-state index contributed by atoms with van der Waals surface area (Å²) in [5.74, 6) is 0. The molecule has 1 atom stereocenters. The molecule has 1 aromatic carbocycles. The van der Waals surface area contributed by atoms with E-state index in [0.29, 0.717) is 13.2 Å². The fourth-order valence-electron chi connectivity index (χ4n) is 2.87. The van der Waals surface area contributed by atoms with Crippen molar-refractivity contribution in [3.63, 3.8) is 0 Å². The molecule has 0 aliphatic carbocycles. The van der Waals surface area contributed by atoms with Gasteiger partial charge in [-0.3, -0.25) is 9.88 Å². The first-order chi connectivity index (χ1) is 10.3. The Labute approximate surface area is 124 Å². The van der Waals surface area contributed by atoms with Crippen molar-refractivity contribution in [2.75, 3.05) is 13.2 Å². The normalized spacial score (nSPS) is 17.2. The maximum absolute atomic E-state index is 12.3. The van der Waals surface area contributed by atoms with Gasteiger partial charge >= 0.3 is 6.09 Å². The smallest absolute Gasteiger partial charge is 0.410 e. The fraction of sp³-hybridized carbons (Fsp3) is 0.294. The number of ether oxygens (including phenoxy) is 1. The second kappa shape index (κ2) is 5.95. The summed E-state index contributed by atoms with van der Waals surface area (Å²) in [6, 6.07) is 12.0. The molecule has 1 aliphatic heterocycles. The Morgan fingerprint density at radius 3 is 2.95 bits per heavy atom. The van der Waals surface area contributed by atoms with E-state index in [1.165, 1.54) is 5.56 Å². The van der Waals surface area contributed by atoms with Gasteiger partial charge in [-0.25, -0.2) is 4.79 Å². The van der Waals surface area contributed by atoms with E-state index < -0.39 is 0 Å². The third-order valence-electron chi connectivity index (χ3n) is 3.79. The minimum atomic E-state index is -0.263. The third kappa shape index (κ3) is 2.61. The Hall–Kier alpha value is -2.36. The predicted octanol–water partition coefficient (Wildman–Crippen LogP) is 3.19. The quantitative estimate of drug-likeness (QED) is 0.849. The fourth-order valence-corrected chi connectivity index (χ4v) is 2.87. The summed E-state index contributed by atoms with van der Waals surface area (Å²) < 4.78 is 5.21. The molecule has 0 saturated heterocycles. The van der Waals surface area contributed by atoms with Gasteiger partial charge in [0.25, 0.3) is 0 Å². The summed E-state index contributed by atoms with van der Waals surface area (Å²) in [6.07, 6.45) is 4.15. The molecule has 4 heteroatoms. The number of benzene rings is 1. The summed E-state index contributed by atoms with van der Waals surface area (Å²) in [5, 5.41) is 0. The minimum absolute atomic E-state index is 0.123. The monoisotopic (exact) mass is 282 g/mol. The van der Waals surface area contributed by atoms with Crippen molar-refractivity contribution in [3.05, 3.63) is 65.5 Å². The van der Waals surface area contributed by atoms with Gasteiger partial charge in [0.2, 0.25) is 0 Å². The second-order valence-corrected chi connectivity index (χ2v) is 5.03. The highest BCUT2D eigenvalue weighted by molar-refractivity contribution is 5.70. The average molecular weight is 282 g/mol. The largest absolute Gasteiger partial charge is 0.450 e. The number of carbonyl (C=O) groups excluding carboxylic acids is 1. The van der Waals surface area contributed by atoms with Gasteiger partial charge in [0.1, 0.15) is 0 Å². The lowest BCUT2D eigenvalue weighted by Crippen LogP contribution is -2.41. The first-order valence-electron chi connectivity index (χ1n) is 7.22. The van der Waals surface area contributed by atoms with Gasteiger partial charge in [-0.15, -0.1) is 0 Å². The molecule has 0 N–H and O–H groups in total. The Bertz CT molecular complexity index is 628. The maximum atomic E-state index is 12.3. The molecule has 0 spiro atoms. The lowest BCUT2D eigenvalue weighted by Gasteiger charge is -2.36. The van der Waals surface area contributed by atoms with Crippen molar-refractivity contribution in [2.24, 2.45) is 0 Å². The Kier molecular flexibility index (Phi) is 3.86. The van der Waals surface area contributed by atoms with Crippen molar-refractivity contribution < 1.29 is 9.53 Å². The van der Waals surface area contributed by atoms with Crippen LogP contribution < -0.4 is 0 Å². The molecule has 0 bridgehead atoms. The summed E-state index contributed by atoms with van der Waals surface area (Å²) >= 11 is 0. The molecule has 1 unspecified atom stereocenters. The molecule has 0 radical (unpaired) electrons. The Balaban J connectivity index is 2.05. The topological polar surface area (TPSA) is 42.4 Å². The summed E-state index contributed by atoms with van der Waals surface area (Å²) in [6.45, 7) is 2.88. The number of carbonyl (C=O) groups is 1. The minimum Gasteiger partial charge on any atom is -0.450 e. The van der Waals surface area contributed by atoms with Crippen LogP contribution in [0.4, 0.5) is 4.79 Å². The van der Waals surface area contributed by atoms with E-state index in [9.17, 15) is 4.79 Å². The van der Waals surface area contributed by atoms with Gasteiger partial charge in [-0.05, 0) is 36.1 Å². The van der Waals surface area contributed by atoms with Crippen molar-refractivity contribution in [3.8, 4) is 0 Å². The molecule has 1 aliphatic rings. The van der Waals surface area contributed by atoms with E-state index in [0.717, 1.165) is 17.5 Å². The molecule has 2 heterocycles. The first kappa shape index (κ1) is 13.6. The van der Waals surface area contributed by atoms with Crippen LogP contribution in [0.3, 0.4) is 0 Å². The van der Waals surface area contributed by atoms with Crippen LogP contribution in [0.1, 0.15) is 29.7 Å². The highest BCUT2D eigenvalue weighted by atomic mass is 16.6. The highest BCUT2D eigenvalue weighted by Gasteiger charge is 2.32. The number of aromatic nitrogens is 1. The molecular weight excluding hydrogens is 264 g/mol. The van der Waals surface area contributed by atoms with Crippen molar-refractivity contribution in [2.45, 2.75) is 19.4 Å². The third-order valence-corrected chi connectivity index (χ3v) is 3.79. The van der Waals surface area contributed by atoms with Crippen LogP contribution in [0.5, 0.6) is 0 Å². The predicted molar refractivity (Wildman–Crippen MR) is 80.0 cm³/mol. The number of amides is 1. The van der Waals surface area contributed by atoms with Gasteiger partial charge in [-0.1, -0.05) is 30.3 Å². The first-order valence-corrected chi connectivity index (χ1v) is 7.22. The van der Waals surface area contributed by atoms with Crippen LogP contribution in [-0.4, -0.2) is 29.1 Å². The van der Waals surface area contributed by atoms with Gasteiger partial charge in [-0.2, -0.15) is 0 Å². The average Bonchev–Trinajstić information content (AvgIpc) is 2.55. The lowest BCUT2D eigenvalue weighted by atomic mass is 9.89. The zero-order chi connectivity index (χ0) is 14.7. The molecule has 21 heavy (non-hydrogen) atoms. The number of hydrogen-bond donors (Lipinski definition) is 0. The van der Waals surface area contributed by atoms with Gasteiger partial charge < -0.3 is 4.74 Å². The molecular formula is C17H18N2O2. The molecule has 4 nitrogen and oxygen atoms in total. The molecule has 2 aromatic rings. The van der Waals surface area contributed by atoms with Crippen LogP contribution >= 0.6 is 0 Å². The van der Waals surface area contributed by atoms with E-state index in [1.807, 2.05) is 37.4 Å². The number of fused-ring (bicyclic) bond motifs is 1. The SMILES string of the molecule is CCOC(=O)N1CCc2ccccc2C1c1cccnc1. The highest BCUT2D eigenvalue weighted by Crippen LogP contribution is 2.35. The molecule has 108 valence electrons. The zero-order valence-corrected chi connectivity index (χ0v) is 12.0. The molecule has 0 fully saturated rings. The molecule has 1 aromatic heterocycles. The standard InChI is InChI=1S/C17H18N2O2/c1-2-21-17(20)19-11-9-13-6-3-4-8-15(13)16(19)14-7-5-10-18-12-14/h3-8,10,12,16H,2,9,11H2,1H3. The van der Waals surface area contributed by atoms with E-state index in [4.69, 9.17) is 4.74 Å². The van der Waals surface area contributed by atoms with Gasteiger partial charge in [0.15, 0.2) is 0 Å². The van der Waals surface area contributed by atoms with Crippen LogP contribution in [0.25, 0.3) is 0 Å². The Morgan fingerprint density at radius 1 is 1.33 bits per heavy atom. The summed E-state index contributed by atoms with van der Waals surface area (Å²) in [7, 11) is 0. The summed E-state index contributed by atoms with van der Waals surface area (Å²) in [5.41, 5.74) is 3.45. The van der Waals surface area contributed by atoms with Crippen LogP contribution in [0.15, 0.2) is 48.8 Å². The van der Waals surface area contributed by atoms with Crippen molar-refractivity contribution in [1.29, 1.82) is 0 Å². The van der Waals surface area contributed by atoms with E-state index >= 15 is 0 Å². The van der Waals surface area contributed by atoms with Crippen LogP contribution in [0, 0.1) is 0 Å². The molecule has 0 saturated carbocycles. The number of hydrogen-bond acceptors (Lipinski definition) is 3. The van der Waals surface area contributed by atoms with Crippen LogP contribution in [-0.2, 0) is 11.2 Å². The van der Waals surface area contributed by atoms with Crippen molar-refractivity contribution >= 4 is 6.09 Å². The summed E-state index contributed by atoms with van der Waals surface area (Å²) in [4.78, 5) is 18.3. The van der Waals surface area contributed by atoms with E-state index in [-0.39, 0.29) is 12.1 Å². The number of rotatable bonds is 2.